The van der Waals surface area contributed by atoms with E-state index in [1.165, 1.54) is 53.8 Å². The fourth-order valence-corrected chi connectivity index (χ4v) is 6.94. The lowest BCUT2D eigenvalue weighted by atomic mass is 9.71. The molecule has 0 bridgehead atoms. The van der Waals surface area contributed by atoms with E-state index in [0.29, 0.717) is 0 Å². The van der Waals surface area contributed by atoms with Crippen molar-refractivity contribution in [3.8, 4) is 0 Å². The van der Waals surface area contributed by atoms with Crippen LogP contribution in [0.5, 0.6) is 0 Å². The standard InChI is InChI=1S/C34H31NS/c1-24-16-18-27-11-6-7-13-29(27)33(24)34(2,23-25-17-19-26-10-4-5-12-28(26)22-25)21-20-32-35(3)30-14-8-9-15-31(30)36-32/h4-20,22H,21,23H2,1-3H3/b32-20-. The van der Waals surface area contributed by atoms with Crippen LogP contribution in [-0.2, 0) is 11.8 Å². The first kappa shape index (κ1) is 22.9. The molecule has 0 saturated carbocycles. The minimum absolute atomic E-state index is 0.0590. The highest BCUT2D eigenvalue weighted by Gasteiger charge is 2.31. The minimum Gasteiger partial charge on any atom is -0.338 e. The predicted octanol–water partition coefficient (Wildman–Crippen LogP) is 9.28. The number of para-hydroxylation sites is 1. The van der Waals surface area contributed by atoms with Crippen LogP contribution < -0.4 is 4.90 Å². The summed E-state index contributed by atoms with van der Waals surface area (Å²) in [5.41, 5.74) is 5.46. The average Bonchev–Trinajstić information content (AvgIpc) is 3.23. The van der Waals surface area contributed by atoms with Gasteiger partial charge in [-0.2, -0.15) is 0 Å². The molecule has 0 spiro atoms. The maximum atomic E-state index is 2.47. The van der Waals surface area contributed by atoms with Crippen LogP contribution in [0.4, 0.5) is 5.69 Å². The Kier molecular flexibility index (Phi) is 5.85. The van der Waals surface area contributed by atoms with Crippen molar-refractivity contribution in [2.45, 2.75) is 37.0 Å². The predicted molar refractivity (Wildman–Crippen MR) is 157 cm³/mol. The molecule has 6 rings (SSSR count). The quantitative estimate of drug-likeness (QED) is 0.244. The summed E-state index contributed by atoms with van der Waals surface area (Å²) in [7, 11) is 2.19. The van der Waals surface area contributed by atoms with Crippen LogP contribution in [0.3, 0.4) is 0 Å². The number of hydrogen-bond donors (Lipinski definition) is 0. The molecule has 1 aliphatic rings. The van der Waals surface area contributed by atoms with E-state index in [-0.39, 0.29) is 5.41 Å². The molecule has 0 saturated heterocycles. The Balaban J connectivity index is 1.45. The molecule has 0 fully saturated rings. The van der Waals surface area contributed by atoms with Gasteiger partial charge in [-0.05, 0) is 70.1 Å². The number of rotatable bonds is 5. The highest BCUT2D eigenvalue weighted by atomic mass is 32.2. The molecule has 5 aromatic carbocycles. The Labute approximate surface area is 218 Å². The summed E-state index contributed by atoms with van der Waals surface area (Å²) in [5, 5.41) is 6.61. The summed E-state index contributed by atoms with van der Waals surface area (Å²) in [4.78, 5) is 3.68. The normalized spacial score (nSPS) is 16.0. The van der Waals surface area contributed by atoms with Crippen molar-refractivity contribution in [1.29, 1.82) is 0 Å². The van der Waals surface area contributed by atoms with Gasteiger partial charge in [-0.3, -0.25) is 0 Å². The molecule has 178 valence electrons. The number of allylic oxidation sites excluding steroid dienone is 1. The first-order valence-corrected chi connectivity index (χ1v) is 13.5. The number of anilines is 1. The first-order chi connectivity index (χ1) is 17.5. The minimum atomic E-state index is -0.0590. The maximum absolute atomic E-state index is 2.47. The van der Waals surface area contributed by atoms with Crippen molar-refractivity contribution < 1.29 is 0 Å². The zero-order valence-electron chi connectivity index (χ0n) is 21.2. The number of nitrogens with zero attached hydrogens (tertiary/aromatic N) is 1. The molecular formula is C34H31NS. The number of aryl methyl sites for hydroxylation is 1. The fourth-order valence-electron chi connectivity index (χ4n) is 5.86. The summed E-state index contributed by atoms with van der Waals surface area (Å²) in [6.07, 6.45) is 4.42. The Morgan fingerprint density at radius 2 is 1.47 bits per heavy atom. The number of fused-ring (bicyclic) bond motifs is 3. The Morgan fingerprint density at radius 1 is 0.778 bits per heavy atom. The third-order valence-electron chi connectivity index (χ3n) is 7.65. The lowest BCUT2D eigenvalue weighted by molar-refractivity contribution is 0.476. The van der Waals surface area contributed by atoms with Crippen LogP contribution in [-0.4, -0.2) is 7.05 Å². The molecule has 1 aliphatic heterocycles. The van der Waals surface area contributed by atoms with Crippen molar-refractivity contribution in [2.75, 3.05) is 11.9 Å². The highest BCUT2D eigenvalue weighted by molar-refractivity contribution is 8.03. The summed E-state index contributed by atoms with van der Waals surface area (Å²) in [6.45, 7) is 4.74. The van der Waals surface area contributed by atoms with Crippen LogP contribution >= 0.6 is 11.8 Å². The van der Waals surface area contributed by atoms with Gasteiger partial charge < -0.3 is 4.90 Å². The van der Waals surface area contributed by atoms with Gasteiger partial charge in [0.05, 0.1) is 10.7 Å². The summed E-state index contributed by atoms with van der Waals surface area (Å²) in [5.74, 6) is 0. The summed E-state index contributed by atoms with van der Waals surface area (Å²) >= 11 is 1.88. The molecule has 0 amide bonds. The molecule has 5 aromatic rings. The van der Waals surface area contributed by atoms with Gasteiger partial charge in [0.1, 0.15) is 0 Å². The van der Waals surface area contributed by atoms with Crippen LogP contribution in [0.15, 0.2) is 119 Å². The molecule has 0 N–H and O–H groups in total. The Hall–Kier alpha value is -3.49. The van der Waals surface area contributed by atoms with E-state index in [0.717, 1.165) is 12.8 Å². The molecule has 36 heavy (non-hydrogen) atoms. The van der Waals surface area contributed by atoms with Gasteiger partial charge in [0.25, 0.3) is 0 Å². The van der Waals surface area contributed by atoms with E-state index in [2.05, 4.69) is 135 Å². The molecule has 1 nitrogen and oxygen atoms in total. The van der Waals surface area contributed by atoms with E-state index in [4.69, 9.17) is 0 Å². The van der Waals surface area contributed by atoms with E-state index in [1.807, 2.05) is 11.8 Å². The van der Waals surface area contributed by atoms with Crippen molar-refractivity contribution in [1.82, 2.24) is 0 Å². The van der Waals surface area contributed by atoms with Crippen LogP contribution in [0.1, 0.15) is 30.0 Å². The van der Waals surface area contributed by atoms with Crippen LogP contribution in [0.25, 0.3) is 21.5 Å². The van der Waals surface area contributed by atoms with Gasteiger partial charge in [0, 0.05) is 17.4 Å². The van der Waals surface area contributed by atoms with E-state index in [9.17, 15) is 0 Å². The SMILES string of the molecule is Cc1ccc2ccccc2c1C(C)(C/C=C1\Sc2ccccc2N1C)Cc1ccc2ccccc2c1. The Morgan fingerprint density at radius 3 is 2.31 bits per heavy atom. The van der Waals surface area contributed by atoms with Gasteiger partial charge >= 0.3 is 0 Å². The van der Waals surface area contributed by atoms with E-state index < -0.39 is 0 Å². The van der Waals surface area contributed by atoms with Crippen molar-refractivity contribution in [3.05, 3.63) is 131 Å². The highest BCUT2D eigenvalue weighted by Crippen LogP contribution is 2.46. The molecule has 1 unspecified atom stereocenters. The lowest BCUT2D eigenvalue weighted by Crippen LogP contribution is -2.26. The number of hydrogen-bond acceptors (Lipinski definition) is 2. The van der Waals surface area contributed by atoms with Crippen molar-refractivity contribution in [2.24, 2.45) is 0 Å². The Bertz CT molecular complexity index is 1610. The van der Waals surface area contributed by atoms with Crippen molar-refractivity contribution >= 4 is 39.0 Å². The second-order valence-electron chi connectivity index (χ2n) is 10.3. The van der Waals surface area contributed by atoms with Gasteiger partial charge in [-0.15, -0.1) is 0 Å². The smallest absolute Gasteiger partial charge is 0.0758 e. The molecule has 0 aromatic heterocycles. The second kappa shape index (κ2) is 9.19. The molecule has 2 heteroatoms. The topological polar surface area (TPSA) is 3.24 Å². The zero-order valence-corrected chi connectivity index (χ0v) is 22.0. The summed E-state index contributed by atoms with van der Waals surface area (Å²) in [6, 6.07) is 37.8. The maximum Gasteiger partial charge on any atom is 0.0758 e. The third kappa shape index (κ3) is 4.10. The van der Waals surface area contributed by atoms with Crippen LogP contribution in [0, 0.1) is 6.92 Å². The second-order valence-corrected chi connectivity index (χ2v) is 11.3. The zero-order chi connectivity index (χ0) is 24.7. The van der Waals surface area contributed by atoms with Gasteiger partial charge in [0.2, 0.25) is 0 Å². The van der Waals surface area contributed by atoms with E-state index in [1.54, 1.807) is 0 Å². The molecule has 1 heterocycles. The number of thioether (sulfide) groups is 1. The molecular weight excluding hydrogens is 454 g/mol. The largest absolute Gasteiger partial charge is 0.338 e. The van der Waals surface area contributed by atoms with Gasteiger partial charge in [0.15, 0.2) is 0 Å². The number of benzene rings is 5. The molecule has 0 radical (unpaired) electrons. The lowest BCUT2D eigenvalue weighted by Gasteiger charge is -2.33. The van der Waals surface area contributed by atoms with E-state index >= 15 is 0 Å². The first-order valence-electron chi connectivity index (χ1n) is 12.7. The van der Waals surface area contributed by atoms with Crippen molar-refractivity contribution in [3.63, 3.8) is 0 Å². The third-order valence-corrected chi connectivity index (χ3v) is 8.86. The fraction of sp³-hybridized carbons (Fsp3) is 0.176. The monoisotopic (exact) mass is 485 g/mol. The summed E-state index contributed by atoms with van der Waals surface area (Å²) < 4.78 is 0. The molecule has 1 atom stereocenters. The van der Waals surface area contributed by atoms with Gasteiger partial charge in [-0.1, -0.05) is 116 Å². The average molecular weight is 486 g/mol. The molecule has 0 aliphatic carbocycles. The van der Waals surface area contributed by atoms with Gasteiger partial charge in [-0.25, -0.2) is 0 Å². The van der Waals surface area contributed by atoms with Crippen LogP contribution in [0.2, 0.25) is 0 Å².